The van der Waals surface area contributed by atoms with Crippen LogP contribution in [0.3, 0.4) is 0 Å². The maximum atomic E-state index is 13.2. The molecule has 1 aromatic carbocycles. The van der Waals surface area contributed by atoms with Gasteiger partial charge in [0, 0.05) is 34.9 Å². The van der Waals surface area contributed by atoms with Crippen LogP contribution in [0.25, 0.3) is 11.3 Å². The molecule has 2 heterocycles. The number of halogens is 1. The van der Waals surface area contributed by atoms with Crippen molar-refractivity contribution >= 4 is 23.1 Å². The Hall–Kier alpha value is -0.910. The summed E-state index contributed by atoms with van der Waals surface area (Å²) in [5.41, 5.74) is 3.26. The van der Waals surface area contributed by atoms with Gasteiger partial charge in [0.1, 0.15) is 10.8 Å². The summed E-state index contributed by atoms with van der Waals surface area (Å²) >= 11 is 3.76. The second-order valence-electron chi connectivity index (χ2n) is 4.88. The van der Waals surface area contributed by atoms with Crippen molar-refractivity contribution in [2.75, 3.05) is 18.1 Å². The molecular weight excluding hydrogens is 279 g/mol. The molecule has 2 nitrogen and oxygen atoms in total. The smallest absolute Gasteiger partial charge is 0.123 e. The van der Waals surface area contributed by atoms with Crippen molar-refractivity contribution in [2.24, 2.45) is 0 Å². The third kappa shape index (κ3) is 2.00. The van der Waals surface area contributed by atoms with Crippen molar-refractivity contribution < 1.29 is 4.39 Å². The number of hydrogen-bond donors (Lipinski definition) is 1. The van der Waals surface area contributed by atoms with Crippen molar-refractivity contribution in [3.63, 3.8) is 0 Å². The zero-order chi connectivity index (χ0) is 12.8. The van der Waals surface area contributed by atoms with E-state index in [1.165, 1.54) is 21.7 Å². The third-order valence-electron chi connectivity index (χ3n) is 3.61. The van der Waals surface area contributed by atoms with Gasteiger partial charge in [0.25, 0.3) is 0 Å². The number of rotatable bonds is 1. The van der Waals surface area contributed by atoms with E-state index in [4.69, 9.17) is 4.98 Å². The van der Waals surface area contributed by atoms with E-state index in [-0.39, 0.29) is 5.82 Å². The molecule has 0 amide bonds. The lowest BCUT2D eigenvalue weighted by molar-refractivity contribution is 0.592. The first-order chi connectivity index (χ1) is 9.31. The molecule has 0 saturated carbocycles. The Balaban J connectivity index is 1.71. The summed E-state index contributed by atoms with van der Waals surface area (Å²) in [5.74, 6) is 2.13. The molecule has 5 heteroatoms. The molecule has 1 atom stereocenters. The van der Waals surface area contributed by atoms with Crippen LogP contribution in [0.2, 0.25) is 0 Å². The first-order valence-electron chi connectivity index (χ1n) is 6.41. The zero-order valence-corrected chi connectivity index (χ0v) is 11.9. The van der Waals surface area contributed by atoms with Crippen LogP contribution in [-0.2, 0) is 6.42 Å². The molecule has 1 aliphatic heterocycles. The highest BCUT2D eigenvalue weighted by atomic mass is 32.2. The molecule has 1 N–H and O–H groups in total. The van der Waals surface area contributed by atoms with Gasteiger partial charge in [0.2, 0.25) is 0 Å². The first-order valence-corrected chi connectivity index (χ1v) is 8.38. The van der Waals surface area contributed by atoms with Crippen LogP contribution < -0.4 is 5.32 Å². The standard InChI is InChI=1S/C14H13FN2S2/c15-9-1-2-10-8(5-9)6-12-13(10)17-14(19-12)11-7-18-4-3-16-11/h1-2,5,11,16H,3-4,6-7H2. The minimum absolute atomic E-state index is 0.153. The predicted octanol–water partition coefficient (Wildman–Crippen LogP) is 3.23. The number of nitrogens with one attached hydrogen (secondary N) is 1. The van der Waals surface area contributed by atoms with Gasteiger partial charge in [-0.2, -0.15) is 11.8 Å². The number of nitrogens with zero attached hydrogens (tertiary/aromatic N) is 1. The highest BCUT2D eigenvalue weighted by Gasteiger charge is 2.27. The Morgan fingerprint density at radius 1 is 1.37 bits per heavy atom. The lowest BCUT2D eigenvalue weighted by Gasteiger charge is -2.20. The second kappa shape index (κ2) is 4.58. The fraction of sp³-hybridized carbons (Fsp3) is 0.357. The zero-order valence-electron chi connectivity index (χ0n) is 10.3. The van der Waals surface area contributed by atoms with Crippen LogP contribution in [0.5, 0.6) is 0 Å². The van der Waals surface area contributed by atoms with Crippen LogP contribution in [0.1, 0.15) is 21.5 Å². The first kappa shape index (κ1) is 11.9. The quantitative estimate of drug-likeness (QED) is 0.745. The van der Waals surface area contributed by atoms with Gasteiger partial charge in [-0.05, 0) is 23.8 Å². The highest BCUT2D eigenvalue weighted by molar-refractivity contribution is 7.99. The van der Waals surface area contributed by atoms with Gasteiger partial charge in [-0.1, -0.05) is 0 Å². The predicted molar refractivity (Wildman–Crippen MR) is 78.4 cm³/mol. The Labute approximate surface area is 119 Å². The molecule has 1 aromatic heterocycles. The fourth-order valence-corrected chi connectivity index (χ4v) is 4.91. The number of hydrogen-bond acceptors (Lipinski definition) is 4. The molecule has 2 aliphatic rings. The van der Waals surface area contributed by atoms with Gasteiger partial charge >= 0.3 is 0 Å². The number of thioether (sulfide) groups is 1. The largest absolute Gasteiger partial charge is 0.306 e. The molecule has 1 saturated heterocycles. The second-order valence-corrected chi connectivity index (χ2v) is 7.15. The Bertz CT molecular complexity index is 632. The van der Waals surface area contributed by atoms with E-state index >= 15 is 0 Å². The molecule has 0 bridgehead atoms. The molecular formula is C14H13FN2S2. The Kier molecular flexibility index (Phi) is 2.86. The number of benzene rings is 1. The lowest BCUT2D eigenvalue weighted by atomic mass is 10.1. The lowest BCUT2D eigenvalue weighted by Crippen LogP contribution is -2.30. The van der Waals surface area contributed by atoms with Crippen molar-refractivity contribution in [1.29, 1.82) is 0 Å². The van der Waals surface area contributed by atoms with Gasteiger partial charge in [0.05, 0.1) is 11.7 Å². The van der Waals surface area contributed by atoms with E-state index in [1.807, 2.05) is 17.8 Å². The van der Waals surface area contributed by atoms with Crippen molar-refractivity contribution in [1.82, 2.24) is 10.3 Å². The summed E-state index contributed by atoms with van der Waals surface area (Å²) in [6.45, 7) is 1.06. The molecule has 4 rings (SSSR count). The summed E-state index contributed by atoms with van der Waals surface area (Å²) in [4.78, 5) is 6.09. The van der Waals surface area contributed by atoms with Crippen molar-refractivity contribution in [3.8, 4) is 11.3 Å². The average molecular weight is 292 g/mol. The monoisotopic (exact) mass is 292 g/mol. The van der Waals surface area contributed by atoms with E-state index < -0.39 is 0 Å². The maximum absolute atomic E-state index is 13.2. The van der Waals surface area contributed by atoms with Gasteiger partial charge in [0.15, 0.2) is 0 Å². The number of thiazole rings is 1. The summed E-state index contributed by atoms with van der Waals surface area (Å²) < 4.78 is 13.2. The normalized spacial score (nSPS) is 21.2. The van der Waals surface area contributed by atoms with E-state index in [1.54, 1.807) is 17.4 Å². The molecule has 19 heavy (non-hydrogen) atoms. The van der Waals surface area contributed by atoms with Gasteiger partial charge in [-0.15, -0.1) is 11.3 Å². The summed E-state index contributed by atoms with van der Waals surface area (Å²) in [6, 6.07) is 5.42. The molecule has 1 aliphatic carbocycles. The molecule has 98 valence electrons. The topological polar surface area (TPSA) is 24.9 Å². The van der Waals surface area contributed by atoms with Crippen LogP contribution in [0.15, 0.2) is 18.2 Å². The minimum Gasteiger partial charge on any atom is -0.306 e. The highest BCUT2D eigenvalue weighted by Crippen LogP contribution is 2.41. The molecule has 0 spiro atoms. The minimum atomic E-state index is -0.153. The Morgan fingerprint density at radius 3 is 3.16 bits per heavy atom. The van der Waals surface area contributed by atoms with Gasteiger partial charge in [-0.25, -0.2) is 9.37 Å². The fourth-order valence-electron chi connectivity index (χ4n) is 2.69. The average Bonchev–Trinajstić information content (AvgIpc) is 2.96. The molecule has 1 fully saturated rings. The molecule has 1 unspecified atom stereocenters. The summed E-state index contributed by atoms with van der Waals surface area (Å²) in [6.07, 6.45) is 0.833. The van der Waals surface area contributed by atoms with E-state index in [0.717, 1.165) is 35.5 Å². The summed E-state index contributed by atoms with van der Waals surface area (Å²) in [7, 11) is 0. The van der Waals surface area contributed by atoms with Crippen molar-refractivity contribution in [3.05, 3.63) is 39.5 Å². The van der Waals surface area contributed by atoms with E-state index in [0.29, 0.717) is 6.04 Å². The molecule has 2 aromatic rings. The van der Waals surface area contributed by atoms with Crippen LogP contribution in [0, 0.1) is 5.82 Å². The third-order valence-corrected chi connectivity index (χ3v) is 5.84. The van der Waals surface area contributed by atoms with Gasteiger partial charge < -0.3 is 5.32 Å². The Morgan fingerprint density at radius 2 is 2.32 bits per heavy atom. The van der Waals surface area contributed by atoms with Crippen LogP contribution >= 0.6 is 23.1 Å². The SMILES string of the molecule is Fc1ccc2c(c1)Cc1sc(C3CSCCN3)nc1-2. The van der Waals surface area contributed by atoms with Gasteiger partial charge in [-0.3, -0.25) is 0 Å². The maximum Gasteiger partial charge on any atom is 0.123 e. The number of fused-ring (bicyclic) bond motifs is 3. The van der Waals surface area contributed by atoms with Crippen LogP contribution in [-0.4, -0.2) is 23.0 Å². The van der Waals surface area contributed by atoms with E-state index in [2.05, 4.69) is 5.32 Å². The molecule has 0 radical (unpaired) electrons. The number of aromatic nitrogens is 1. The van der Waals surface area contributed by atoms with Crippen LogP contribution in [0.4, 0.5) is 4.39 Å². The van der Waals surface area contributed by atoms with Crippen molar-refractivity contribution in [2.45, 2.75) is 12.5 Å². The summed E-state index contributed by atoms with van der Waals surface area (Å²) in [5, 5.41) is 4.71. The van der Waals surface area contributed by atoms with E-state index in [9.17, 15) is 4.39 Å².